The van der Waals surface area contributed by atoms with Crippen LogP contribution in [0.4, 0.5) is 11.6 Å². The first-order chi connectivity index (χ1) is 22.7. The number of allylic oxidation sites excluding steroid dienone is 2. The van der Waals surface area contributed by atoms with Crippen molar-refractivity contribution in [3.63, 3.8) is 0 Å². The number of rotatable bonds is 3. The van der Waals surface area contributed by atoms with Gasteiger partial charge in [0.2, 0.25) is 5.95 Å². The van der Waals surface area contributed by atoms with E-state index in [1.165, 1.54) is 38.2 Å². The summed E-state index contributed by atoms with van der Waals surface area (Å²) in [5, 5.41) is 4.80. The number of hydrogen-bond acceptors (Lipinski definition) is 3. The maximum atomic E-state index is 5.42. The standard InChI is InChI=1S/C43H31N3/c1-43-25-11-10-19-38(43)36-17-7-6-16-35(36)37-18-8-9-20-41(37)46(43)42-44-39(33-23-21-29-12-2-4-14-31(29)26-33)28-40(45-42)34-24-22-30-13-3-5-15-32(30)27-34/h2-28,38H,1H3. The molecule has 3 heteroatoms. The molecule has 2 atom stereocenters. The van der Waals surface area contributed by atoms with Crippen LogP contribution in [0.1, 0.15) is 18.4 Å². The Hall–Kier alpha value is -5.80. The fourth-order valence-electron chi connectivity index (χ4n) is 7.38. The predicted octanol–water partition coefficient (Wildman–Crippen LogP) is 10.9. The Morgan fingerprint density at radius 3 is 1.78 bits per heavy atom. The highest BCUT2D eigenvalue weighted by Gasteiger charge is 2.44. The molecule has 2 heterocycles. The molecule has 0 amide bonds. The first kappa shape index (κ1) is 26.6. The molecular formula is C43H31N3. The second kappa shape index (κ2) is 10.4. The topological polar surface area (TPSA) is 29.0 Å². The summed E-state index contributed by atoms with van der Waals surface area (Å²) in [6, 6.07) is 49.9. The van der Waals surface area contributed by atoms with Crippen LogP contribution in [0.15, 0.2) is 164 Å². The van der Waals surface area contributed by atoms with Gasteiger partial charge in [0.25, 0.3) is 0 Å². The minimum Gasteiger partial charge on any atom is -0.300 e. The number of hydrogen-bond donors (Lipinski definition) is 0. The Morgan fingerprint density at radius 1 is 0.543 bits per heavy atom. The van der Waals surface area contributed by atoms with Crippen molar-refractivity contribution >= 4 is 33.2 Å². The van der Waals surface area contributed by atoms with Crippen molar-refractivity contribution < 1.29 is 0 Å². The van der Waals surface area contributed by atoms with Gasteiger partial charge in [0.05, 0.1) is 22.6 Å². The number of para-hydroxylation sites is 1. The molecule has 0 bridgehead atoms. The SMILES string of the molecule is CC12C=CC=CC1c1ccccc1-c1ccccc1N2c1nc(-c2ccc3ccccc3c2)cc(-c2ccc3ccccc3c2)n1. The molecule has 0 fully saturated rings. The largest absolute Gasteiger partial charge is 0.300 e. The van der Waals surface area contributed by atoms with E-state index < -0.39 is 5.54 Å². The van der Waals surface area contributed by atoms with Crippen LogP contribution in [0.25, 0.3) is 55.2 Å². The molecule has 0 saturated heterocycles. The Balaban J connectivity index is 1.33. The lowest BCUT2D eigenvalue weighted by Gasteiger charge is -2.44. The minimum atomic E-state index is -0.458. The molecule has 1 aliphatic carbocycles. The molecule has 218 valence electrons. The Labute approximate surface area is 268 Å². The van der Waals surface area contributed by atoms with Crippen molar-refractivity contribution in [1.29, 1.82) is 0 Å². The normalized spacial score (nSPS) is 18.2. The van der Waals surface area contributed by atoms with Gasteiger partial charge in [0.15, 0.2) is 0 Å². The predicted molar refractivity (Wildman–Crippen MR) is 191 cm³/mol. The third-order valence-electron chi connectivity index (χ3n) is 9.70. The third-order valence-corrected chi connectivity index (χ3v) is 9.70. The highest BCUT2D eigenvalue weighted by Crippen LogP contribution is 2.52. The molecule has 1 aliphatic heterocycles. The number of fused-ring (bicyclic) bond motifs is 7. The lowest BCUT2D eigenvalue weighted by atomic mass is 9.76. The fraction of sp³-hybridized carbons (Fsp3) is 0.0698. The average Bonchev–Trinajstić information content (AvgIpc) is 3.21. The summed E-state index contributed by atoms with van der Waals surface area (Å²) in [6.07, 6.45) is 8.98. The van der Waals surface area contributed by atoms with Crippen molar-refractivity contribution in [1.82, 2.24) is 9.97 Å². The number of anilines is 2. The Bertz CT molecular complexity index is 2270. The molecule has 2 aliphatic rings. The van der Waals surface area contributed by atoms with Crippen molar-refractivity contribution in [2.24, 2.45) is 0 Å². The van der Waals surface area contributed by atoms with E-state index in [4.69, 9.17) is 9.97 Å². The van der Waals surface area contributed by atoms with Crippen LogP contribution in [0, 0.1) is 0 Å². The zero-order valence-electron chi connectivity index (χ0n) is 25.5. The molecule has 1 aromatic heterocycles. The summed E-state index contributed by atoms with van der Waals surface area (Å²) >= 11 is 0. The average molecular weight is 590 g/mol. The van der Waals surface area contributed by atoms with Crippen molar-refractivity contribution in [3.8, 4) is 33.6 Å². The van der Waals surface area contributed by atoms with Gasteiger partial charge in [-0.1, -0.05) is 140 Å². The molecule has 6 aromatic carbocycles. The first-order valence-corrected chi connectivity index (χ1v) is 15.9. The van der Waals surface area contributed by atoms with Crippen LogP contribution in [0.5, 0.6) is 0 Å². The van der Waals surface area contributed by atoms with Gasteiger partial charge in [-0.25, -0.2) is 9.97 Å². The summed E-state index contributed by atoms with van der Waals surface area (Å²) in [4.78, 5) is 13.2. The smallest absolute Gasteiger partial charge is 0.231 e. The van der Waals surface area contributed by atoms with E-state index in [-0.39, 0.29) is 5.92 Å². The second-order valence-corrected chi connectivity index (χ2v) is 12.4. The molecule has 0 radical (unpaired) electrons. The van der Waals surface area contributed by atoms with Gasteiger partial charge in [0.1, 0.15) is 0 Å². The number of nitrogens with zero attached hydrogens (tertiary/aromatic N) is 3. The van der Waals surface area contributed by atoms with Gasteiger partial charge in [-0.2, -0.15) is 0 Å². The van der Waals surface area contributed by atoms with Crippen LogP contribution >= 0.6 is 0 Å². The monoisotopic (exact) mass is 589 g/mol. The van der Waals surface area contributed by atoms with E-state index in [0.717, 1.165) is 28.2 Å². The van der Waals surface area contributed by atoms with Crippen LogP contribution in [-0.2, 0) is 0 Å². The third kappa shape index (κ3) is 4.20. The molecule has 2 unspecified atom stereocenters. The van der Waals surface area contributed by atoms with Crippen LogP contribution in [-0.4, -0.2) is 15.5 Å². The van der Waals surface area contributed by atoms with E-state index >= 15 is 0 Å². The van der Waals surface area contributed by atoms with Crippen LogP contribution < -0.4 is 4.90 Å². The van der Waals surface area contributed by atoms with Crippen LogP contribution in [0.3, 0.4) is 0 Å². The van der Waals surface area contributed by atoms with E-state index in [0.29, 0.717) is 5.95 Å². The summed E-state index contributed by atoms with van der Waals surface area (Å²) in [5.74, 6) is 0.777. The molecule has 0 spiro atoms. The van der Waals surface area contributed by atoms with Gasteiger partial charge in [-0.3, -0.25) is 4.90 Å². The molecule has 0 N–H and O–H groups in total. The van der Waals surface area contributed by atoms with Gasteiger partial charge in [-0.05, 0) is 63.9 Å². The van der Waals surface area contributed by atoms with Crippen LogP contribution in [0.2, 0.25) is 0 Å². The van der Waals surface area contributed by atoms with Gasteiger partial charge < -0.3 is 0 Å². The zero-order chi connectivity index (χ0) is 30.7. The highest BCUT2D eigenvalue weighted by molar-refractivity contribution is 5.91. The molecule has 3 nitrogen and oxygen atoms in total. The number of benzene rings is 6. The molecule has 0 saturated carbocycles. The molecule has 46 heavy (non-hydrogen) atoms. The van der Waals surface area contributed by atoms with Gasteiger partial charge in [0, 0.05) is 22.6 Å². The summed E-state index contributed by atoms with van der Waals surface area (Å²) < 4.78 is 0. The number of aromatic nitrogens is 2. The molecular weight excluding hydrogens is 558 g/mol. The van der Waals surface area contributed by atoms with E-state index in [2.05, 4.69) is 176 Å². The van der Waals surface area contributed by atoms with Crippen molar-refractivity contribution in [2.45, 2.75) is 18.4 Å². The quantitative estimate of drug-likeness (QED) is 0.205. The lowest BCUT2D eigenvalue weighted by Crippen LogP contribution is -2.47. The van der Waals surface area contributed by atoms with Crippen molar-refractivity contribution in [2.75, 3.05) is 4.90 Å². The van der Waals surface area contributed by atoms with E-state index in [1.807, 2.05) is 0 Å². The lowest BCUT2D eigenvalue weighted by molar-refractivity contribution is 0.503. The summed E-state index contributed by atoms with van der Waals surface area (Å²) in [7, 11) is 0. The minimum absolute atomic E-state index is 0.0955. The second-order valence-electron chi connectivity index (χ2n) is 12.4. The van der Waals surface area contributed by atoms with Gasteiger partial charge in [-0.15, -0.1) is 0 Å². The fourth-order valence-corrected chi connectivity index (χ4v) is 7.38. The van der Waals surface area contributed by atoms with Gasteiger partial charge >= 0.3 is 0 Å². The zero-order valence-corrected chi connectivity index (χ0v) is 25.5. The summed E-state index contributed by atoms with van der Waals surface area (Å²) in [6.45, 7) is 2.32. The summed E-state index contributed by atoms with van der Waals surface area (Å²) in [5.41, 5.74) is 8.30. The van der Waals surface area contributed by atoms with E-state index in [9.17, 15) is 0 Å². The first-order valence-electron chi connectivity index (χ1n) is 15.9. The van der Waals surface area contributed by atoms with E-state index in [1.54, 1.807) is 0 Å². The molecule has 9 rings (SSSR count). The Morgan fingerprint density at radius 2 is 1.11 bits per heavy atom. The maximum absolute atomic E-state index is 5.42. The maximum Gasteiger partial charge on any atom is 0.231 e. The van der Waals surface area contributed by atoms with Crippen molar-refractivity contribution in [3.05, 3.63) is 169 Å². The highest BCUT2D eigenvalue weighted by atomic mass is 15.3. The Kier molecular flexibility index (Phi) is 6.01. The molecule has 7 aromatic rings.